The molecule has 1 heterocycles. The maximum Gasteiger partial charge on any atom is 0.311 e. The van der Waals surface area contributed by atoms with Crippen LogP contribution in [0.25, 0.3) is 0 Å². The number of nitrogens with zero attached hydrogens (tertiary/aromatic N) is 2. The lowest BCUT2D eigenvalue weighted by Crippen LogP contribution is -2.31. The predicted molar refractivity (Wildman–Crippen MR) is 87.8 cm³/mol. The Bertz CT molecular complexity index is 846. The molecule has 3 rings (SSSR count). The molecule has 0 saturated heterocycles. The number of nitriles is 1. The summed E-state index contributed by atoms with van der Waals surface area (Å²) in [5, 5.41) is 8.72. The van der Waals surface area contributed by atoms with Gasteiger partial charge in [-0.25, -0.2) is 0 Å². The molecule has 0 unspecified atom stereocenters. The van der Waals surface area contributed by atoms with Gasteiger partial charge < -0.3 is 4.74 Å². The number of esters is 1. The number of carbonyl (C=O) groups is 3. The van der Waals surface area contributed by atoms with Crippen LogP contribution in [-0.4, -0.2) is 29.2 Å². The van der Waals surface area contributed by atoms with E-state index in [4.69, 9.17) is 10.00 Å². The zero-order valence-electron chi connectivity index (χ0n) is 13.3. The van der Waals surface area contributed by atoms with Gasteiger partial charge >= 0.3 is 5.97 Å². The molecule has 2 aromatic rings. The largest absolute Gasteiger partial charge is 0.427 e. The number of rotatable bonds is 5. The molecular formula is C19H14N2O4. The molecule has 6 heteroatoms. The Morgan fingerprint density at radius 3 is 2.16 bits per heavy atom. The fraction of sp³-hybridized carbons (Fsp3) is 0.158. The summed E-state index contributed by atoms with van der Waals surface area (Å²) in [5.41, 5.74) is 1.27. The summed E-state index contributed by atoms with van der Waals surface area (Å²) in [5.74, 6) is -0.770. The molecule has 25 heavy (non-hydrogen) atoms. The maximum absolute atomic E-state index is 12.2. The average Bonchev–Trinajstić information content (AvgIpc) is 2.87. The highest BCUT2D eigenvalue weighted by molar-refractivity contribution is 6.21. The number of fused-ring (bicyclic) bond motifs is 1. The van der Waals surface area contributed by atoms with Gasteiger partial charge in [-0.05, 0) is 42.8 Å². The lowest BCUT2D eigenvalue weighted by Gasteiger charge is -2.13. The van der Waals surface area contributed by atoms with E-state index < -0.39 is 5.97 Å². The van der Waals surface area contributed by atoms with E-state index in [0.717, 1.165) is 4.90 Å². The van der Waals surface area contributed by atoms with Crippen molar-refractivity contribution in [3.8, 4) is 11.8 Å². The van der Waals surface area contributed by atoms with Crippen molar-refractivity contribution < 1.29 is 19.1 Å². The zero-order chi connectivity index (χ0) is 17.8. The zero-order valence-corrected chi connectivity index (χ0v) is 13.3. The third-order valence-corrected chi connectivity index (χ3v) is 3.86. The molecule has 0 fully saturated rings. The highest BCUT2D eigenvalue weighted by atomic mass is 16.5. The molecule has 1 aliphatic rings. The number of benzene rings is 2. The van der Waals surface area contributed by atoms with Gasteiger partial charge in [0.05, 0.1) is 22.8 Å². The molecule has 2 aromatic carbocycles. The van der Waals surface area contributed by atoms with Crippen molar-refractivity contribution in [1.29, 1.82) is 5.26 Å². The minimum absolute atomic E-state index is 0.0768. The second-order valence-electron chi connectivity index (χ2n) is 5.52. The molecular weight excluding hydrogens is 320 g/mol. The van der Waals surface area contributed by atoms with Crippen LogP contribution in [-0.2, 0) is 4.79 Å². The van der Waals surface area contributed by atoms with Gasteiger partial charge in [-0.1, -0.05) is 12.1 Å². The van der Waals surface area contributed by atoms with Crippen LogP contribution in [0.2, 0.25) is 0 Å². The summed E-state index contributed by atoms with van der Waals surface area (Å²) < 4.78 is 5.16. The van der Waals surface area contributed by atoms with Gasteiger partial charge in [0.1, 0.15) is 5.75 Å². The standard InChI is InChI=1S/C19H14N2O4/c20-12-13-7-9-14(10-8-13)25-17(22)6-3-11-21-18(23)15-4-1-2-5-16(15)19(21)24/h1-2,4-5,7-10H,3,6,11H2. The normalized spacial score (nSPS) is 12.7. The van der Waals surface area contributed by atoms with E-state index in [-0.39, 0.29) is 24.8 Å². The van der Waals surface area contributed by atoms with E-state index in [1.807, 2.05) is 6.07 Å². The highest BCUT2D eigenvalue weighted by Gasteiger charge is 2.34. The Labute approximate surface area is 144 Å². The molecule has 0 saturated carbocycles. The van der Waals surface area contributed by atoms with Crippen LogP contribution in [0.3, 0.4) is 0 Å². The van der Waals surface area contributed by atoms with Crippen LogP contribution in [0, 0.1) is 11.3 Å². The maximum atomic E-state index is 12.2. The Hall–Kier alpha value is -3.46. The molecule has 124 valence electrons. The van der Waals surface area contributed by atoms with Gasteiger partial charge in [0.15, 0.2) is 0 Å². The van der Waals surface area contributed by atoms with E-state index >= 15 is 0 Å². The van der Waals surface area contributed by atoms with Crippen LogP contribution in [0.1, 0.15) is 39.1 Å². The predicted octanol–water partition coefficient (Wildman–Crippen LogP) is 2.54. The number of hydrogen-bond donors (Lipinski definition) is 0. The molecule has 0 aliphatic carbocycles. The SMILES string of the molecule is N#Cc1ccc(OC(=O)CCCN2C(=O)c3ccccc3C2=O)cc1. The minimum Gasteiger partial charge on any atom is -0.427 e. The molecule has 0 radical (unpaired) electrons. The monoisotopic (exact) mass is 334 g/mol. The van der Waals surface area contributed by atoms with Crippen LogP contribution in [0.15, 0.2) is 48.5 Å². The number of ether oxygens (including phenoxy) is 1. The Kier molecular flexibility index (Phi) is 4.57. The quantitative estimate of drug-likeness (QED) is 0.476. The van der Waals surface area contributed by atoms with Crippen LogP contribution in [0.4, 0.5) is 0 Å². The first kappa shape index (κ1) is 16.4. The lowest BCUT2D eigenvalue weighted by atomic mass is 10.1. The summed E-state index contributed by atoms with van der Waals surface area (Å²) in [6.07, 6.45) is 0.397. The van der Waals surface area contributed by atoms with E-state index in [0.29, 0.717) is 28.9 Å². The van der Waals surface area contributed by atoms with Gasteiger partial charge in [-0.3, -0.25) is 19.3 Å². The van der Waals surface area contributed by atoms with E-state index in [1.54, 1.807) is 48.5 Å². The Balaban J connectivity index is 1.51. The molecule has 0 aromatic heterocycles. The molecule has 1 aliphatic heterocycles. The van der Waals surface area contributed by atoms with Gasteiger partial charge in [0.25, 0.3) is 11.8 Å². The second-order valence-corrected chi connectivity index (χ2v) is 5.52. The van der Waals surface area contributed by atoms with Crippen LogP contribution in [0.5, 0.6) is 5.75 Å². The summed E-state index contributed by atoms with van der Waals surface area (Å²) in [6.45, 7) is 0.162. The lowest BCUT2D eigenvalue weighted by molar-refractivity contribution is -0.134. The molecule has 2 amide bonds. The minimum atomic E-state index is -0.457. The first-order valence-electron chi connectivity index (χ1n) is 7.76. The van der Waals surface area contributed by atoms with E-state index in [1.165, 1.54) is 0 Å². The number of hydrogen-bond acceptors (Lipinski definition) is 5. The van der Waals surface area contributed by atoms with Crippen molar-refractivity contribution >= 4 is 17.8 Å². The Morgan fingerprint density at radius 2 is 1.60 bits per heavy atom. The molecule has 0 N–H and O–H groups in total. The van der Waals surface area contributed by atoms with Gasteiger partial charge in [0.2, 0.25) is 0 Å². The second kappa shape index (κ2) is 6.97. The number of carbonyl (C=O) groups excluding carboxylic acids is 3. The fourth-order valence-corrected chi connectivity index (χ4v) is 2.60. The van der Waals surface area contributed by atoms with Gasteiger partial charge in [0, 0.05) is 13.0 Å². The summed E-state index contributed by atoms with van der Waals surface area (Å²) in [6, 6.07) is 14.8. The summed E-state index contributed by atoms with van der Waals surface area (Å²) >= 11 is 0. The van der Waals surface area contributed by atoms with Gasteiger partial charge in [-0.2, -0.15) is 5.26 Å². The topological polar surface area (TPSA) is 87.5 Å². The highest BCUT2D eigenvalue weighted by Crippen LogP contribution is 2.22. The van der Waals surface area contributed by atoms with Crippen molar-refractivity contribution in [2.45, 2.75) is 12.8 Å². The van der Waals surface area contributed by atoms with Crippen molar-refractivity contribution in [3.63, 3.8) is 0 Å². The summed E-state index contributed by atoms with van der Waals surface area (Å²) in [4.78, 5) is 37.4. The molecule has 6 nitrogen and oxygen atoms in total. The third kappa shape index (κ3) is 3.40. The van der Waals surface area contributed by atoms with Crippen LogP contribution >= 0.6 is 0 Å². The Morgan fingerprint density at radius 1 is 1.00 bits per heavy atom. The van der Waals surface area contributed by atoms with Crippen LogP contribution < -0.4 is 4.74 Å². The van der Waals surface area contributed by atoms with E-state index in [9.17, 15) is 14.4 Å². The molecule has 0 bridgehead atoms. The number of amides is 2. The smallest absolute Gasteiger partial charge is 0.311 e. The van der Waals surface area contributed by atoms with Gasteiger partial charge in [-0.15, -0.1) is 0 Å². The third-order valence-electron chi connectivity index (χ3n) is 3.86. The summed E-state index contributed by atoms with van der Waals surface area (Å²) in [7, 11) is 0. The van der Waals surface area contributed by atoms with Crippen molar-refractivity contribution in [2.75, 3.05) is 6.54 Å². The van der Waals surface area contributed by atoms with E-state index in [2.05, 4.69) is 0 Å². The average molecular weight is 334 g/mol. The molecule has 0 spiro atoms. The fourth-order valence-electron chi connectivity index (χ4n) is 2.60. The molecule has 0 atom stereocenters. The van der Waals surface area contributed by atoms with Crippen molar-refractivity contribution in [2.24, 2.45) is 0 Å². The van der Waals surface area contributed by atoms with Crippen molar-refractivity contribution in [3.05, 3.63) is 65.2 Å². The number of imide groups is 1. The first-order chi connectivity index (χ1) is 12.1. The first-order valence-corrected chi connectivity index (χ1v) is 7.76. The van der Waals surface area contributed by atoms with Crippen molar-refractivity contribution in [1.82, 2.24) is 4.90 Å².